The number of pyridine rings is 1. The molecular formula is C9H12BrNOS. The van der Waals surface area contributed by atoms with E-state index in [9.17, 15) is 0 Å². The molecule has 0 N–H and O–H groups in total. The third-order valence-corrected chi connectivity index (χ3v) is 2.94. The van der Waals surface area contributed by atoms with Crippen LogP contribution >= 0.6 is 27.7 Å². The fourth-order valence-corrected chi connectivity index (χ4v) is 1.83. The van der Waals surface area contributed by atoms with Crippen molar-refractivity contribution in [2.45, 2.75) is 11.4 Å². The predicted molar refractivity (Wildman–Crippen MR) is 59.2 cm³/mol. The zero-order valence-corrected chi connectivity index (χ0v) is 9.90. The Hall–Kier alpha value is -0.0600. The number of thioether (sulfide) groups is 1. The van der Waals surface area contributed by atoms with Gasteiger partial charge in [-0.25, -0.2) is 4.98 Å². The van der Waals surface area contributed by atoms with E-state index in [4.69, 9.17) is 4.74 Å². The Labute approximate surface area is 91.2 Å². The highest BCUT2D eigenvalue weighted by Crippen LogP contribution is 2.17. The molecule has 4 heteroatoms. The molecule has 1 aromatic rings. The van der Waals surface area contributed by atoms with Crippen molar-refractivity contribution in [3.8, 4) is 0 Å². The van der Waals surface area contributed by atoms with Gasteiger partial charge in [-0.2, -0.15) is 0 Å². The normalized spacial score (nSPS) is 10.3. The van der Waals surface area contributed by atoms with Gasteiger partial charge in [0.1, 0.15) is 0 Å². The van der Waals surface area contributed by atoms with Crippen LogP contribution in [0.2, 0.25) is 0 Å². The molecule has 0 aromatic carbocycles. The summed E-state index contributed by atoms with van der Waals surface area (Å²) in [6, 6.07) is 4.02. The van der Waals surface area contributed by atoms with Crippen LogP contribution in [-0.4, -0.2) is 24.5 Å². The van der Waals surface area contributed by atoms with Crippen molar-refractivity contribution in [2.75, 3.05) is 19.5 Å². The third kappa shape index (κ3) is 4.64. The minimum absolute atomic E-state index is 0.823. The Morgan fingerprint density at radius 3 is 3.00 bits per heavy atom. The molecule has 0 fully saturated rings. The quantitative estimate of drug-likeness (QED) is 0.601. The smallest absolute Gasteiger partial charge is 0.0960 e. The third-order valence-electron chi connectivity index (χ3n) is 1.44. The number of hydrogen-bond donors (Lipinski definition) is 0. The molecule has 0 spiro atoms. The van der Waals surface area contributed by atoms with Crippen LogP contribution in [0.15, 0.2) is 27.8 Å². The van der Waals surface area contributed by atoms with Gasteiger partial charge in [0.25, 0.3) is 0 Å². The molecule has 0 amide bonds. The fourth-order valence-electron chi connectivity index (χ4n) is 0.828. The molecule has 1 aromatic heterocycles. The molecule has 0 unspecified atom stereocenters. The lowest BCUT2D eigenvalue weighted by Crippen LogP contribution is -1.90. The van der Waals surface area contributed by atoms with Gasteiger partial charge in [-0.1, -0.05) is 0 Å². The summed E-state index contributed by atoms with van der Waals surface area (Å²) in [7, 11) is 1.72. The van der Waals surface area contributed by atoms with Gasteiger partial charge in [0.15, 0.2) is 0 Å². The van der Waals surface area contributed by atoms with Crippen LogP contribution in [0.5, 0.6) is 0 Å². The fraction of sp³-hybridized carbons (Fsp3) is 0.444. The summed E-state index contributed by atoms with van der Waals surface area (Å²) < 4.78 is 5.98. The Balaban J connectivity index is 2.25. The average Bonchev–Trinajstić information content (AvgIpc) is 2.15. The summed E-state index contributed by atoms with van der Waals surface area (Å²) in [5, 5.41) is 1.07. The summed E-state index contributed by atoms with van der Waals surface area (Å²) in [4.78, 5) is 4.25. The van der Waals surface area contributed by atoms with Crippen LogP contribution < -0.4 is 0 Å². The maximum atomic E-state index is 4.96. The van der Waals surface area contributed by atoms with Crippen molar-refractivity contribution >= 4 is 27.7 Å². The zero-order chi connectivity index (χ0) is 9.52. The van der Waals surface area contributed by atoms with E-state index in [1.807, 2.05) is 18.3 Å². The topological polar surface area (TPSA) is 22.1 Å². The highest BCUT2D eigenvalue weighted by atomic mass is 79.9. The molecule has 1 rings (SSSR count). The highest BCUT2D eigenvalue weighted by molar-refractivity contribution is 9.10. The molecule has 0 aliphatic carbocycles. The molecular weight excluding hydrogens is 250 g/mol. The highest BCUT2D eigenvalue weighted by Gasteiger charge is 1.94. The molecule has 13 heavy (non-hydrogen) atoms. The van der Waals surface area contributed by atoms with E-state index in [0.29, 0.717) is 0 Å². The lowest BCUT2D eigenvalue weighted by Gasteiger charge is -1.99. The Morgan fingerprint density at radius 1 is 1.54 bits per heavy atom. The number of halogens is 1. The lowest BCUT2D eigenvalue weighted by molar-refractivity contribution is 0.200. The SMILES string of the molecule is COCCCSc1ccc(Br)cn1. The molecule has 0 aliphatic heterocycles. The minimum atomic E-state index is 0.823. The maximum absolute atomic E-state index is 4.96. The van der Waals surface area contributed by atoms with Crippen molar-refractivity contribution in [2.24, 2.45) is 0 Å². The van der Waals surface area contributed by atoms with E-state index in [-0.39, 0.29) is 0 Å². The van der Waals surface area contributed by atoms with Gasteiger partial charge in [-0.3, -0.25) is 0 Å². The molecule has 0 bridgehead atoms. The average molecular weight is 262 g/mol. The lowest BCUT2D eigenvalue weighted by atomic mass is 10.5. The summed E-state index contributed by atoms with van der Waals surface area (Å²) in [5.41, 5.74) is 0. The number of ether oxygens (including phenoxy) is 1. The van der Waals surface area contributed by atoms with E-state index < -0.39 is 0 Å². The van der Waals surface area contributed by atoms with Gasteiger partial charge in [-0.15, -0.1) is 11.8 Å². The van der Waals surface area contributed by atoms with Crippen molar-refractivity contribution in [3.63, 3.8) is 0 Å². The Morgan fingerprint density at radius 2 is 2.38 bits per heavy atom. The van der Waals surface area contributed by atoms with Gasteiger partial charge in [0.05, 0.1) is 5.03 Å². The van der Waals surface area contributed by atoms with Crippen LogP contribution in [0.3, 0.4) is 0 Å². The van der Waals surface area contributed by atoms with Crippen LogP contribution in [0.25, 0.3) is 0 Å². The molecule has 0 aliphatic rings. The van der Waals surface area contributed by atoms with Crippen molar-refractivity contribution in [1.82, 2.24) is 4.98 Å². The van der Waals surface area contributed by atoms with Crippen molar-refractivity contribution in [1.29, 1.82) is 0 Å². The monoisotopic (exact) mass is 261 g/mol. The van der Waals surface area contributed by atoms with Crippen molar-refractivity contribution < 1.29 is 4.74 Å². The predicted octanol–water partition coefficient (Wildman–Crippen LogP) is 2.97. The van der Waals surface area contributed by atoms with Crippen LogP contribution in [0, 0.1) is 0 Å². The molecule has 72 valence electrons. The molecule has 0 radical (unpaired) electrons. The Kier molecular flexibility index (Phi) is 5.43. The zero-order valence-electron chi connectivity index (χ0n) is 7.50. The number of hydrogen-bond acceptors (Lipinski definition) is 3. The number of nitrogens with zero attached hydrogens (tertiary/aromatic N) is 1. The summed E-state index contributed by atoms with van der Waals surface area (Å²) >= 11 is 5.10. The summed E-state index contributed by atoms with van der Waals surface area (Å²) in [6.07, 6.45) is 2.89. The first-order chi connectivity index (χ1) is 6.33. The summed E-state index contributed by atoms with van der Waals surface area (Å²) in [5.74, 6) is 1.06. The van der Waals surface area contributed by atoms with Gasteiger partial charge >= 0.3 is 0 Å². The molecule has 0 atom stereocenters. The maximum Gasteiger partial charge on any atom is 0.0960 e. The van der Waals surface area contributed by atoms with E-state index in [0.717, 1.165) is 28.3 Å². The second-order valence-corrected chi connectivity index (χ2v) is 4.54. The first kappa shape index (κ1) is 11.0. The number of methoxy groups -OCH3 is 1. The second-order valence-electron chi connectivity index (χ2n) is 2.51. The molecule has 1 heterocycles. The van der Waals surface area contributed by atoms with Crippen LogP contribution in [0.1, 0.15) is 6.42 Å². The van der Waals surface area contributed by atoms with Gasteiger partial charge in [0, 0.05) is 30.1 Å². The van der Waals surface area contributed by atoms with E-state index >= 15 is 0 Å². The van der Waals surface area contributed by atoms with E-state index in [2.05, 4.69) is 20.9 Å². The van der Waals surface area contributed by atoms with Crippen LogP contribution in [-0.2, 0) is 4.74 Å². The van der Waals surface area contributed by atoms with E-state index in [1.165, 1.54) is 0 Å². The standard InChI is InChI=1S/C9H12BrNOS/c1-12-5-2-6-13-9-4-3-8(10)7-11-9/h3-4,7H,2,5-6H2,1H3. The van der Waals surface area contributed by atoms with E-state index in [1.54, 1.807) is 18.9 Å². The van der Waals surface area contributed by atoms with Crippen LogP contribution in [0.4, 0.5) is 0 Å². The second kappa shape index (κ2) is 6.40. The molecule has 0 saturated carbocycles. The number of rotatable bonds is 5. The first-order valence-electron chi connectivity index (χ1n) is 4.06. The van der Waals surface area contributed by atoms with Gasteiger partial charge < -0.3 is 4.74 Å². The molecule has 0 saturated heterocycles. The summed E-state index contributed by atoms with van der Waals surface area (Å²) in [6.45, 7) is 0.823. The molecule has 2 nitrogen and oxygen atoms in total. The largest absolute Gasteiger partial charge is 0.385 e. The number of aromatic nitrogens is 1. The van der Waals surface area contributed by atoms with Gasteiger partial charge in [-0.05, 0) is 34.5 Å². The van der Waals surface area contributed by atoms with Gasteiger partial charge in [0.2, 0.25) is 0 Å². The minimum Gasteiger partial charge on any atom is -0.385 e. The Bertz CT molecular complexity index is 240. The van der Waals surface area contributed by atoms with Crippen molar-refractivity contribution in [3.05, 3.63) is 22.8 Å². The first-order valence-corrected chi connectivity index (χ1v) is 5.84.